The van der Waals surface area contributed by atoms with E-state index < -0.39 is 5.54 Å². The molecule has 1 fully saturated rings. The molecule has 18 heavy (non-hydrogen) atoms. The minimum absolute atomic E-state index is 0.122. The third kappa shape index (κ3) is 3.45. The van der Waals surface area contributed by atoms with Crippen LogP contribution in [0.2, 0.25) is 0 Å². The van der Waals surface area contributed by atoms with Gasteiger partial charge in [0.1, 0.15) is 5.54 Å². The predicted molar refractivity (Wildman–Crippen MR) is 71.5 cm³/mol. The van der Waals surface area contributed by atoms with E-state index in [-0.39, 0.29) is 17.7 Å². The fourth-order valence-electron chi connectivity index (χ4n) is 2.42. The molecule has 1 aliphatic rings. The van der Waals surface area contributed by atoms with E-state index >= 15 is 0 Å². The molecule has 0 aromatic heterocycles. The highest BCUT2D eigenvalue weighted by atomic mass is 16.5. The molecular weight excluding hydrogens is 230 g/mol. The number of esters is 1. The maximum absolute atomic E-state index is 12.0. The van der Waals surface area contributed by atoms with Crippen LogP contribution in [0.4, 0.5) is 0 Å². The first-order valence-electron chi connectivity index (χ1n) is 6.93. The van der Waals surface area contributed by atoms with E-state index in [0.717, 1.165) is 19.3 Å². The van der Waals surface area contributed by atoms with Gasteiger partial charge in [-0.2, -0.15) is 0 Å². The molecule has 1 N–H and O–H groups in total. The average Bonchev–Trinajstić information content (AvgIpc) is 2.73. The highest BCUT2D eigenvalue weighted by Gasteiger charge is 2.46. The Hall–Kier alpha value is -0.610. The van der Waals surface area contributed by atoms with Gasteiger partial charge in [-0.1, -0.05) is 6.92 Å². The van der Waals surface area contributed by atoms with Crippen LogP contribution in [0.1, 0.15) is 53.4 Å². The fraction of sp³-hybridized carbons (Fsp3) is 0.929. The Labute approximate surface area is 110 Å². The molecule has 2 unspecified atom stereocenters. The number of ether oxygens (including phenoxy) is 2. The molecule has 0 heterocycles. The molecule has 2 atom stereocenters. The van der Waals surface area contributed by atoms with Crippen LogP contribution in [0.25, 0.3) is 0 Å². The Morgan fingerprint density at radius 1 is 1.44 bits per heavy atom. The van der Waals surface area contributed by atoms with Crippen molar-refractivity contribution in [2.45, 2.75) is 70.6 Å². The van der Waals surface area contributed by atoms with Crippen LogP contribution >= 0.6 is 0 Å². The fourth-order valence-corrected chi connectivity index (χ4v) is 2.42. The molecule has 0 saturated heterocycles. The maximum Gasteiger partial charge on any atom is 0.326 e. The van der Waals surface area contributed by atoms with Crippen molar-refractivity contribution in [2.75, 3.05) is 13.7 Å². The third-order valence-corrected chi connectivity index (χ3v) is 3.95. The third-order valence-electron chi connectivity index (χ3n) is 3.95. The van der Waals surface area contributed by atoms with Crippen LogP contribution in [0, 0.1) is 0 Å². The molecule has 0 spiro atoms. The molecule has 106 valence electrons. The molecule has 4 heteroatoms. The van der Waals surface area contributed by atoms with Gasteiger partial charge in [-0.3, -0.25) is 4.79 Å². The zero-order valence-corrected chi connectivity index (χ0v) is 12.3. The maximum atomic E-state index is 12.0. The first kappa shape index (κ1) is 15.4. The molecule has 0 radical (unpaired) electrons. The summed E-state index contributed by atoms with van der Waals surface area (Å²) in [6, 6.07) is 0. The molecule has 0 bridgehead atoms. The summed E-state index contributed by atoms with van der Waals surface area (Å²) in [5, 5.41) is 3.14. The van der Waals surface area contributed by atoms with Crippen molar-refractivity contribution < 1.29 is 14.3 Å². The van der Waals surface area contributed by atoms with Crippen molar-refractivity contribution in [2.24, 2.45) is 0 Å². The highest BCUT2D eigenvalue weighted by molar-refractivity contribution is 5.81. The number of hydrogen-bond acceptors (Lipinski definition) is 4. The number of carbonyl (C=O) groups excluding carboxylic acids is 1. The van der Waals surface area contributed by atoms with Crippen molar-refractivity contribution in [3.8, 4) is 0 Å². The second kappa shape index (κ2) is 6.02. The van der Waals surface area contributed by atoms with Gasteiger partial charge in [0, 0.05) is 6.42 Å². The largest absolute Gasteiger partial charge is 0.465 e. The lowest BCUT2D eigenvalue weighted by Gasteiger charge is -2.30. The Bertz CT molecular complexity index is 291. The van der Waals surface area contributed by atoms with E-state index in [1.54, 1.807) is 0 Å². The van der Waals surface area contributed by atoms with Crippen LogP contribution in [0.15, 0.2) is 0 Å². The van der Waals surface area contributed by atoms with E-state index in [1.165, 1.54) is 0 Å². The highest BCUT2D eigenvalue weighted by Crippen LogP contribution is 2.35. The molecule has 0 aromatic rings. The van der Waals surface area contributed by atoms with E-state index in [0.29, 0.717) is 13.0 Å². The summed E-state index contributed by atoms with van der Waals surface area (Å²) in [6.07, 6.45) is 3.49. The van der Waals surface area contributed by atoms with Crippen molar-refractivity contribution in [3.63, 3.8) is 0 Å². The molecule has 0 aromatic carbocycles. The molecule has 1 saturated carbocycles. The SMILES string of the molecule is CCOC(=O)C1(NC)CCC(OC(C)(C)CC)C1. The second-order valence-electron chi connectivity index (χ2n) is 5.65. The Kier molecular flexibility index (Phi) is 5.17. The lowest BCUT2D eigenvalue weighted by atomic mass is 9.98. The van der Waals surface area contributed by atoms with Crippen LogP contribution < -0.4 is 5.32 Å². The lowest BCUT2D eigenvalue weighted by Crippen LogP contribution is -2.50. The summed E-state index contributed by atoms with van der Waals surface area (Å²) < 4.78 is 11.3. The molecule has 4 nitrogen and oxygen atoms in total. The number of rotatable bonds is 6. The summed E-state index contributed by atoms with van der Waals surface area (Å²) in [4.78, 5) is 12.0. The van der Waals surface area contributed by atoms with Gasteiger partial charge in [0.05, 0.1) is 18.3 Å². The van der Waals surface area contributed by atoms with Crippen molar-refractivity contribution in [3.05, 3.63) is 0 Å². The number of nitrogens with one attached hydrogen (secondary N) is 1. The van der Waals surface area contributed by atoms with Crippen LogP contribution in [0.5, 0.6) is 0 Å². The number of likely N-dealkylation sites (N-methyl/N-ethyl adjacent to an activating group) is 1. The second-order valence-corrected chi connectivity index (χ2v) is 5.65. The quantitative estimate of drug-likeness (QED) is 0.742. The van der Waals surface area contributed by atoms with Crippen LogP contribution in [0.3, 0.4) is 0 Å². The summed E-state index contributed by atoms with van der Waals surface area (Å²) >= 11 is 0. The summed E-state index contributed by atoms with van der Waals surface area (Å²) in [5.74, 6) is -0.145. The Morgan fingerprint density at radius 3 is 2.61 bits per heavy atom. The first-order chi connectivity index (χ1) is 8.39. The van der Waals surface area contributed by atoms with Gasteiger partial charge in [0.15, 0.2) is 0 Å². The van der Waals surface area contributed by atoms with Gasteiger partial charge in [-0.15, -0.1) is 0 Å². The van der Waals surface area contributed by atoms with Gasteiger partial charge < -0.3 is 14.8 Å². The molecule has 0 aliphatic heterocycles. The van der Waals surface area contributed by atoms with E-state index in [1.807, 2.05) is 14.0 Å². The predicted octanol–water partition coefficient (Wildman–Crippen LogP) is 2.27. The van der Waals surface area contributed by atoms with Gasteiger partial charge >= 0.3 is 5.97 Å². The molecule has 1 aliphatic carbocycles. The number of carbonyl (C=O) groups is 1. The lowest BCUT2D eigenvalue weighted by molar-refractivity contribution is -0.152. The van der Waals surface area contributed by atoms with Crippen molar-refractivity contribution in [1.82, 2.24) is 5.32 Å². The minimum Gasteiger partial charge on any atom is -0.465 e. The minimum atomic E-state index is -0.551. The smallest absolute Gasteiger partial charge is 0.326 e. The summed E-state index contributed by atoms with van der Waals surface area (Å²) in [5.41, 5.74) is -0.673. The van der Waals surface area contributed by atoms with Gasteiger partial charge in [0.2, 0.25) is 0 Å². The molecule has 1 rings (SSSR count). The van der Waals surface area contributed by atoms with Gasteiger partial charge in [-0.25, -0.2) is 0 Å². The van der Waals surface area contributed by atoms with Crippen molar-refractivity contribution in [1.29, 1.82) is 0 Å². The Balaban J connectivity index is 2.64. The summed E-state index contributed by atoms with van der Waals surface area (Å²) in [6.45, 7) is 8.57. The first-order valence-corrected chi connectivity index (χ1v) is 6.93. The Morgan fingerprint density at radius 2 is 2.11 bits per heavy atom. The van der Waals surface area contributed by atoms with Crippen molar-refractivity contribution >= 4 is 5.97 Å². The van der Waals surface area contributed by atoms with Gasteiger partial charge in [0.25, 0.3) is 0 Å². The summed E-state index contributed by atoms with van der Waals surface area (Å²) in [7, 11) is 1.82. The zero-order valence-electron chi connectivity index (χ0n) is 12.3. The molecular formula is C14H27NO3. The van der Waals surface area contributed by atoms with E-state index in [9.17, 15) is 4.79 Å². The van der Waals surface area contributed by atoms with E-state index in [2.05, 4.69) is 26.1 Å². The topological polar surface area (TPSA) is 47.6 Å². The standard InChI is InChI=1S/C14H27NO3/c1-6-13(3,4)18-11-8-9-14(10-11,15-5)12(16)17-7-2/h11,15H,6-10H2,1-5H3. The van der Waals surface area contributed by atoms with Crippen LogP contribution in [-0.2, 0) is 14.3 Å². The molecule has 0 amide bonds. The zero-order chi connectivity index (χ0) is 13.8. The monoisotopic (exact) mass is 257 g/mol. The van der Waals surface area contributed by atoms with Crippen LogP contribution in [-0.4, -0.2) is 36.9 Å². The number of hydrogen-bond donors (Lipinski definition) is 1. The normalized spacial score (nSPS) is 28.4. The van der Waals surface area contributed by atoms with E-state index in [4.69, 9.17) is 9.47 Å². The van der Waals surface area contributed by atoms with Gasteiger partial charge in [-0.05, 0) is 47.1 Å². The average molecular weight is 257 g/mol.